The fraction of sp³-hybridized carbons (Fsp3) is 0.385. The van der Waals surface area contributed by atoms with Crippen molar-refractivity contribution in [2.75, 3.05) is 13.1 Å². The number of non-ortho nitro benzene ring substituents is 1. The van der Waals surface area contributed by atoms with Gasteiger partial charge in [0, 0.05) is 22.2 Å². The topological polar surface area (TPSA) is 101 Å². The molecule has 0 fully saturated rings. The Labute approximate surface area is 135 Å². The Morgan fingerprint density at radius 1 is 1.33 bits per heavy atom. The maximum atomic E-state index is 12.0. The molecule has 2 amide bonds. The van der Waals surface area contributed by atoms with Crippen molar-refractivity contribution in [1.29, 1.82) is 0 Å². The molecule has 21 heavy (non-hydrogen) atoms. The molecule has 0 saturated heterocycles. The number of rotatable bonds is 6. The summed E-state index contributed by atoms with van der Waals surface area (Å²) >= 11 is 1.91. The molecule has 0 unspecified atom stereocenters. The standard InChI is InChI=1S/C13H16IN3O4/c1-8(2)6-15-12(18)7-16-13(19)10-5-9(17(20)21)3-4-11(10)14/h3-5,8H,6-7H2,1-2H3,(H,15,18)(H,16,19). The highest BCUT2D eigenvalue weighted by Crippen LogP contribution is 2.19. The Morgan fingerprint density at radius 2 is 2.00 bits per heavy atom. The van der Waals surface area contributed by atoms with Gasteiger partial charge in [0.15, 0.2) is 0 Å². The smallest absolute Gasteiger partial charge is 0.270 e. The van der Waals surface area contributed by atoms with Gasteiger partial charge in [-0.2, -0.15) is 0 Å². The number of nitrogens with zero attached hydrogens (tertiary/aromatic N) is 1. The van der Waals surface area contributed by atoms with E-state index in [0.717, 1.165) is 0 Å². The Balaban J connectivity index is 2.65. The molecule has 0 atom stereocenters. The fourth-order valence-electron chi connectivity index (χ4n) is 1.44. The van der Waals surface area contributed by atoms with Gasteiger partial charge < -0.3 is 10.6 Å². The van der Waals surface area contributed by atoms with E-state index < -0.39 is 10.8 Å². The predicted octanol–water partition coefficient (Wildman–Crippen LogP) is 1.70. The molecule has 8 heteroatoms. The largest absolute Gasteiger partial charge is 0.354 e. The number of nitrogens with one attached hydrogen (secondary N) is 2. The number of amides is 2. The van der Waals surface area contributed by atoms with Gasteiger partial charge in [-0.3, -0.25) is 19.7 Å². The van der Waals surface area contributed by atoms with Crippen molar-refractivity contribution in [3.63, 3.8) is 0 Å². The SMILES string of the molecule is CC(C)CNC(=O)CNC(=O)c1cc([N+](=O)[O-])ccc1I. The lowest BCUT2D eigenvalue weighted by Crippen LogP contribution is -2.38. The molecule has 2 N–H and O–H groups in total. The molecule has 0 spiro atoms. The van der Waals surface area contributed by atoms with Crippen molar-refractivity contribution >= 4 is 40.1 Å². The highest BCUT2D eigenvalue weighted by molar-refractivity contribution is 14.1. The number of carbonyl (C=O) groups is 2. The minimum absolute atomic E-state index is 0.162. The molecular formula is C13H16IN3O4. The lowest BCUT2D eigenvalue weighted by molar-refractivity contribution is -0.384. The minimum Gasteiger partial charge on any atom is -0.354 e. The van der Waals surface area contributed by atoms with Crippen LogP contribution in [0.5, 0.6) is 0 Å². The first-order valence-electron chi connectivity index (χ1n) is 6.30. The van der Waals surface area contributed by atoms with Crippen molar-refractivity contribution in [3.8, 4) is 0 Å². The van der Waals surface area contributed by atoms with Crippen LogP contribution in [0.4, 0.5) is 5.69 Å². The summed E-state index contributed by atoms with van der Waals surface area (Å²) in [4.78, 5) is 33.6. The molecule has 0 heterocycles. The van der Waals surface area contributed by atoms with Crippen molar-refractivity contribution in [2.24, 2.45) is 5.92 Å². The van der Waals surface area contributed by atoms with Crippen LogP contribution in [-0.4, -0.2) is 29.8 Å². The van der Waals surface area contributed by atoms with E-state index in [1.165, 1.54) is 18.2 Å². The molecule has 1 aromatic carbocycles. The molecule has 1 aromatic rings. The quantitative estimate of drug-likeness (QED) is 0.427. The molecule has 0 aliphatic carbocycles. The van der Waals surface area contributed by atoms with Crippen molar-refractivity contribution in [3.05, 3.63) is 37.4 Å². The number of hydrogen-bond donors (Lipinski definition) is 2. The molecule has 0 saturated carbocycles. The van der Waals surface area contributed by atoms with Gasteiger partial charge in [-0.25, -0.2) is 0 Å². The summed E-state index contributed by atoms with van der Waals surface area (Å²) in [6, 6.07) is 4.02. The Bertz CT molecular complexity index is 560. The zero-order chi connectivity index (χ0) is 16.0. The summed E-state index contributed by atoms with van der Waals surface area (Å²) in [6.07, 6.45) is 0. The van der Waals surface area contributed by atoms with Gasteiger partial charge in [0.1, 0.15) is 0 Å². The van der Waals surface area contributed by atoms with Crippen molar-refractivity contribution in [2.45, 2.75) is 13.8 Å². The number of carbonyl (C=O) groups excluding carboxylic acids is 2. The number of nitro groups is 1. The second-order valence-corrected chi connectivity index (χ2v) is 5.96. The van der Waals surface area contributed by atoms with Gasteiger partial charge in [0.05, 0.1) is 17.0 Å². The van der Waals surface area contributed by atoms with E-state index in [-0.39, 0.29) is 23.7 Å². The number of halogens is 1. The van der Waals surface area contributed by atoms with Gasteiger partial charge in [-0.15, -0.1) is 0 Å². The monoisotopic (exact) mass is 405 g/mol. The Morgan fingerprint density at radius 3 is 2.57 bits per heavy atom. The fourth-order valence-corrected chi connectivity index (χ4v) is 2.02. The van der Waals surface area contributed by atoms with Crippen LogP contribution >= 0.6 is 22.6 Å². The van der Waals surface area contributed by atoms with Gasteiger partial charge in [-0.05, 0) is 34.6 Å². The lowest BCUT2D eigenvalue weighted by Gasteiger charge is -2.09. The second kappa shape index (κ2) is 7.91. The van der Waals surface area contributed by atoms with E-state index in [0.29, 0.717) is 16.0 Å². The van der Waals surface area contributed by atoms with Crippen LogP contribution in [0.25, 0.3) is 0 Å². The van der Waals surface area contributed by atoms with Crippen LogP contribution in [-0.2, 0) is 4.79 Å². The van der Waals surface area contributed by atoms with Gasteiger partial charge in [0.2, 0.25) is 5.91 Å². The zero-order valence-corrected chi connectivity index (χ0v) is 13.8. The summed E-state index contributed by atoms with van der Waals surface area (Å²) < 4.78 is 0.582. The van der Waals surface area contributed by atoms with Crippen molar-refractivity contribution in [1.82, 2.24) is 10.6 Å². The third-order valence-electron chi connectivity index (χ3n) is 2.52. The van der Waals surface area contributed by atoms with E-state index in [2.05, 4.69) is 10.6 Å². The summed E-state index contributed by atoms with van der Waals surface area (Å²) in [5.74, 6) is -0.484. The van der Waals surface area contributed by atoms with Crippen LogP contribution in [0.1, 0.15) is 24.2 Å². The predicted molar refractivity (Wildman–Crippen MR) is 86.0 cm³/mol. The Hall–Kier alpha value is -1.71. The highest BCUT2D eigenvalue weighted by atomic mass is 127. The first-order chi connectivity index (χ1) is 9.81. The molecule has 7 nitrogen and oxygen atoms in total. The third-order valence-corrected chi connectivity index (χ3v) is 3.46. The summed E-state index contributed by atoms with van der Waals surface area (Å²) in [5.41, 5.74) is 0.0197. The number of benzene rings is 1. The highest BCUT2D eigenvalue weighted by Gasteiger charge is 2.16. The number of nitro benzene ring substituents is 1. The van der Waals surface area contributed by atoms with Gasteiger partial charge in [0.25, 0.3) is 11.6 Å². The molecule has 114 valence electrons. The molecule has 0 aromatic heterocycles. The average Bonchev–Trinajstić information content (AvgIpc) is 2.42. The maximum Gasteiger partial charge on any atom is 0.270 e. The molecule has 0 bridgehead atoms. The van der Waals surface area contributed by atoms with Gasteiger partial charge >= 0.3 is 0 Å². The maximum absolute atomic E-state index is 12.0. The van der Waals surface area contributed by atoms with E-state index in [1.807, 2.05) is 36.4 Å². The molecule has 1 rings (SSSR count). The molecule has 0 aliphatic heterocycles. The van der Waals surface area contributed by atoms with Crippen LogP contribution in [0, 0.1) is 19.6 Å². The van der Waals surface area contributed by atoms with Crippen LogP contribution < -0.4 is 10.6 Å². The zero-order valence-electron chi connectivity index (χ0n) is 11.7. The lowest BCUT2D eigenvalue weighted by atomic mass is 10.2. The van der Waals surface area contributed by atoms with E-state index in [4.69, 9.17) is 0 Å². The minimum atomic E-state index is -0.567. The summed E-state index contributed by atoms with van der Waals surface area (Å²) in [5, 5.41) is 15.8. The van der Waals surface area contributed by atoms with Crippen LogP contribution in [0.3, 0.4) is 0 Å². The van der Waals surface area contributed by atoms with Crippen molar-refractivity contribution < 1.29 is 14.5 Å². The van der Waals surface area contributed by atoms with E-state index in [1.54, 1.807) is 0 Å². The molecule has 0 aliphatic rings. The first-order valence-corrected chi connectivity index (χ1v) is 7.38. The Kier molecular flexibility index (Phi) is 6.53. The molecular weight excluding hydrogens is 389 g/mol. The summed E-state index contributed by atoms with van der Waals surface area (Å²) in [7, 11) is 0. The normalized spacial score (nSPS) is 10.3. The van der Waals surface area contributed by atoms with E-state index in [9.17, 15) is 19.7 Å². The van der Waals surface area contributed by atoms with E-state index >= 15 is 0 Å². The third kappa shape index (κ3) is 5.66. The van der Waals surface area contributed by atoms with Gasteiger partial charge in [-0.1, -0.05) is 13.8 Å². The average molecular weight is 405 g/mol. The summed E-state index contributed by atoms with van der Waals surface area (Å²) in [6.45, 7) is 4.29. The second-order valence-electron chi connectivity index (χ2n) is 4.80. The number of hydrogen-bond acceptors (Lipinski definition) is 4. The first kappa shape index (κ1) is 17.3. The van der Waals surface area contributed by atoms with Crippen LogP contribution in [0.15, 0.2) is 18.2 Å². The molecule has 0 radical (unpaired) electrons. The van der Waals surface area contributed by atoms with Crippen LogP contribution in [0.2, 0.25) is 0 Å².